The average molecular weight is 353 g/mol. The Balaban J connectivity index is 2.00. The van der Waals surface area contributed by atoms with Crippen LogP contribution in [0.25, 0.3) is 0 Å². The normalized spacial score (nSPS) is 17.2. The van der Waals surface area contributed by atoms with E-state index in [0.29, 0.717) is 21.3 Å². The first kappa shape index (κ1) is 14.2. The van der Waals surface area contributed by atoms with Gasteiger partial charge in [0.2, 0.25) is 5.91 Å². The third-order valence-corrected chi connectivity index (χ3v) is 3.98. The Labute approximate surface area is 128 Å². The number of nitrogens with zero attached hydrogens (tertiary/aromatic N) is 1. The molecule has 3 rings (SSSR count). The molecule has 2 N–H and O–H groups in total. The summed E-state index contributed by atoms with van der Waals surface area (Å²) >= 11 is 3.27. The zero-order valence-electron chi connectivity index (χ0n) is 10.8. The summed E-state index contributed by atoms with van der Waals surface area (Å²) in [5.41, 5.74) is 7.12. The highest BCUT2D eigenvalue weighted by Gasteiger charge is 2.35. The number of amides is 1. The quantitative estimate of drug-likeness (QED) is 0.901. The van der Waals surface area contributed by atoms with Gasteiger partial charge in [0, 0.05) is 21.3 Å². The molecule has 1 atom stereocenters. The molecule has 1 heterocycles. The molecule has 0 bridgehead atoms. The van der Waals surface area contributed by atoms with Crippen LogP contribution in [0.5, 0.6) is 0 Å². The molecule has 1 unspecified atom stereocenters. The van der Waals surface area contributed by atoms with Crippen molar-refractivity contribution in [3.63, 3.8) is 0 Å². The number of rotatable bonds is 2. The molecule has 0 radical (unpaired) electrons. The Kier molecular flexibility index (Phi) is 3.51. The zero-order valence-corrected chi connectivity index (χ0v) is 12.4. The second-order valence-corrected chi connectivity index (χ2v) is 5.76. The van der Waals surface area contributed by atoms with E-state index < -0.39 is 17.7 Å². The second kappa shape index (κ2) is 5.20. The van der Waals surface area contributed by atoms with Gasteiger partial charge in [-0.2, -0.15) is 0 Å². The number of halogens is 3. The first-order valence-electron chi connectivity index (χ1n) is 6.27. The predicted molar refractivity (Wildman–Crippen MR) is 78.6 cm³/mol. The SMILES string of the molecule is NC1C(=O)N(Cc2cc(Br)ccc2F)c2ccc(F)cc21. The van der Waals surface area contributed by atoms with Gasteiger partial charge in [0.15, 0.2) is 0 Å². The maximum Gasteiger partial charge on any atom is 0.248 e. The first-order chi connectivity index (χ1) is 9.97. The number of hydrogen-bond donors (Lipinski definition) is 1. The van der Waals surface area contributed by atoms with Gasteiger partial charge in [-0.1, -0.05) is 15.9 Å². The monoisotopic (exact) mass is 352 g/mol. The number of carbonyl (C=O) groups is 1. The fraction of sp³-hybridized carbons (Fsp3) is 0.133. The molecule has 21 heavy (non-hydrogen) atoms. The standard InChI is InChI=1S/C15H11BrF2N2O/c16-9-1-3-12(18)8(5-9)7-20-13-4-2-10(17)6-11(13)14(19)15(20)21/h1-6,14H,7,19H2. The van der Waals surface area contributed by atoms with E-state index in [4.69, 9.17) is 5.73 Å². The number of hydrogen-bond acceptors (Lipinski definition) is 2. The molecule has 2 aromatic carbocycles. The Hall–Kier alpha value is -1.79. The maximum absolute atomic E-state index is 13.8. The van der Waals surface area contributed by atoms with Crippen molar-refractivity contribution < 1.29 is 13.6 Å². The van der Waals surface area contributed by atoms with Crippen LogP contribution >= 0.6 is 15.9 Å². The van der Waals surface area contributed by atoms with E-state index >= 15 is 0 Å². The van der Waals surface area contributed by atoms with E-state index in [1.165, 1.54) is 29.2 Å². The number of fused-ring (bicyclic) bond motifs is 1. The number of benzene rings is 2. The van der Waals surface area contributed by atoms with Crippen molar-refractivity contribution >= 4 is 27.5 Å². The highest BCUT2D eigenvalue weighted by Crippen LogP contribution is 2.36. The number of carbonyl (C=O) groups excluding carboxylic acids is 1. The van der Waals surface area contributed by atoms with E-state index in [-0.39, 0.29) is 12.5 Å². The van der Waals surface area contributed by atoms with Gasteiger partial charge in [0.1, 0.15) is 17.7 Å². The molecular weight excluding hydrogens is 342 g/mol. The van der Waals surface area contributed by atoms with Crippen molar-refractivity contribution in [1.82, 2.24) is 0 Å². The van der Waals surface area contributed by atoms with Crippen molar-refractivity contribution in [2.24, 2.45) is 5.73 Å². The van der Waals surface area contributed by atoms with Crippen LogP contribution in [0, 0.1) is 11.6 Å². The Morgan fingerprint density at radius 3 is 2.71 bits per heavy atom. The lowest BCUT2D eigenvalue weighted by Gasteiger charge is -2.18. The lowest BCUT2D eigenvalue weighted by Crippen LogP contribution is -2.31. The van der Waals surface area contributed by atoms with Gasteiger partial charge in [-0.05, 0) is 36.4 Å². The van der Waals surface area contributed by atoms with Crippen molar-refractivity contribution in [1.29, 1.82) is 0 Å². The topological polar surface area (TPSA) is 46.3 Å². The highest BCUT2D eigenvalue weighted by atomic mass is 79.9. The molecule has 6 heteroatoms. The molecule has 0 aliphatic carbocycles. The van der Waals surface area contributed by atoms with Crippen LogP contribution in [0.3, 0.4) is 0 Å². The third-order valence-electron chi connectivity index (χ3n) is 3.48. The summed E-state index contributed by atoms with van der Waals surface area (Å²) in [7, 11) is 0. The molecule has 0 saturated heterocycles. The maximum atomic E-state index is 13.8. The molecule has 0 spiro atoms. The highest BCUT2D eigenvalue weighted by molar-refractivity contribution is 9.10. The van der Waals surface area contributed by atoms with Gasteiger partial charge in [0.05, 0.1) is 6.54 Å². The second-order valence-electron chi connectivity index (χ2n) is 4.84. The number of anilines is 1. The van der Waals surface area contributed by atoms with Crippen molar-refractivity contribution in [2.45, 2.75) is 12.6 Å². The minimum absolute atomic E-state index is 0.0520. The van der Waals surface area contributed by atoms with Crippen LogP contribution in [0.15, 0.2) is 40.9 Å². The predicted octanol–water partition coefficient (Wildman–Crippen LogP) is 3.27. The molecule has 108 valence electrons. The van der Waals surface area contributed by atoms with E-state index in [2.05, 4.69) is 15.9 Å². The van der Waals surface area contributed by atoms with E-state index in [9.17, 15) is 13.6 Å². The molecule has 1 aliphatic heterocycles. The van der Waals surface area contributed by atoms with Gasteiger partial charge < -0.3 is 10.6 Å². The molecule has 1 aliphatic rings. The summed E-state index contributed by atoms with van der Waals surface area (Å²) in [6, 6.07) is 7.60. The molecule has 3 nitrogen and oxygen atoms in total. The van der Waals surface area contributed by atoms with E-state index in [1.807, 2.05) is 0 Å². The van der Waals surface area contributed by atoms with Crippen LogP contribution in [-0.4, -0.2) is 5.91 Å². The summed E-state index contributed by atoms with van der Waals surface area (Å²) in [6.45, 7) is 0.0520. The largest absolute Gasteiger partial charge is 0.316 e. The van der Waals surface area contributed by atoms with Crippen molar-refractivity contribution in [3.05, 3.63) is 63.6 Å². The van der Waals surface area contributed by atoms with Gasteiger partial charge >= 0.3 is 0 Å². The summed E-state index contributed by atoms with van der Waals surface area (Å²) in [6.07, 6.45) is 0. The van der Waals surface area contributed by atoms with Gasteiger partial charge in [-0.3, -0.25) is 4.79 Å². The summed E-state index contributed by atoms with van der Waals surface area (Å²) in [4.78, 5) is 13.6. The van der Waals surface area contributed by atoms with Gasteiger partial charge in [0.25, 0.3) is 0 Å². The molecule has 0 aromatic heterocycles. The van der Waals surface area contributed by atoms with Crippen molar-refractivity contribution in [3.8, 4) is 0 Å². The molecule has 2 aromatic rings. The lowest BCUT2D eigenvalue weighted by molar-refractivity contribution is -0.119. The van der Waals surface area contributed by atoms with Crippen LogP contribution in [0.1, 0.15) is 17.2 Å². The van der Waals surface area contributed by atoms with Crippen LogP contribution in [0.2, 0.25) is 0 Å². The third kappa shape index (κ3) is 2.45. The Morgan fingerprint density at radius 1 is 1.19 bits per heavy atom. The Morgan fingerprint density at radius 2 is 1.95 bits per heavy atom. The Bertz CT molecular complexity index is 736. The van der Waals surface area contributed by atoms with E-state index in [1.54, 1.807) is 12.1 Å². The van der Waals surface area contributed by atoms with E-state index in [0.717, 1.165) is 0 Å². The zero-order chi connectivity index (χ0) is 15.1. The van der Waals surface area contributed by atoms with Crippen LogP contribution in [0.4, 0.5) is 14.5 Å². The fourth-order valence-corrected chi connectivity index (χ4v) is 2.85. The molecular formula is C15H11BrF2N2O. The summed E-state index contributed by atoms with van der Waals surface area (Å²) < 4.78 is 27.8. The minimum Gasteiger partial charge on any atom is -0.316 e. The first-order valence-corrected chi connectivity index (χ1v) is 7.07. The molecule has 0 fully saturated rings. The average Bonchev–Trinajstić information content (AvgIpc) is 2.68. The fourth-order valence-electron chi connectivity index (χ4n) is 2.44. The lowest BCUT2D eigenvalue weighted by atomic mass is 10.1. The van der Waals surface area contributed by atoms with Gasteiger partial charge in [-0.15, -0.1) is 0 Å². The smallest absolute Gasteiger partial charge is 0.248 e. The van der Waals surface area contributed by atoms with Crippen LogP contribution in [-0.2, 0) is 11.3 Å². The molecule has 0 saturated carbocycles. The summed E-state index contributed by atoms with van der Waals surface area (Å²) in [5.74, 6) is -1.22. The summed E-state index contributed by atoms with van der Waals surface area (Å²) in [5, 5.41) is 0. The number of nitrogens with two attached hydrogens (primary N) is 1. The van der Waals surface area contributed by atoms with Crippen LogP contribution < -0.4 is 10.6 Å². The molecule has 1 amide bonds. The van der Waals surface area contributed by atoms with Gasteiger partial charge in [-0.25, -0.2) is 8.78 Å². The minimum atomic E-state index is -0.911. The van der Waals surface area contributed by atoms with Crippen molar-refractivity contribution in [2.75, 3.05) is 4.90 Å².